The van der Waals surface area contributed by atoms with Gasteiger partial charge in [0.25, 0.3) is 5.91 Å². The van der Waals surface area contributed by atoms with Crippen LogP contribution in [0.3, 0.4) is 0 Å². The molecule has 1 N–H and O–H groups in total. The lowest BCUT2D eigenvalue weighted by Crippen LogP contribution is -2.49. The molecule has 3 aromatic rings. The predicted octanol–water partition coefficient (Wildman–Crippen LogP) is 4.46. The molecule has 1 aromatic heterocycles. The Balaban J connectivity index is 2.20. The van der Waals surface area contributed by atoms with Crippen molar-refractivity contribution in [1.29, 1.82) is 0 Å². The first-order valence-corrected chi connectivity index (χ1v) is 10.6. The van der Waals surface area contributed by atoms with Crippen LogP contribution in [0.4, 0.5) is 5.69 Å². The molecule has 1 heterocycles. The summed E-state index contributed by atoms with van der Waals surface area (Å²) in [7, 11) is 0. The Kier molecular flexibility index (Phi) is 6.31. The lowest BCUT2D eigenvalue weighted by molar-refractivity contribution is -0.123. The van der Waals surface area contributed by atoms with Gasteiger partial charge in [0.05, 0.1) is 0 Å². The van der Waals surface area contributed by atoms with Crippen LogP contribution in [0.5, 0.6) is 0 Å². The first kappa shape index (κ1) is 21.6. The molecular weight excluding hydrogens is 396 g/mol. The van der Waals surface area contributed by atoms with Crippen LogP contribution in [0, 0.1) is 13.8 Å². The van der Waals surface area contributed by atoms with Gasteiger partial charge in [-0.3, -0.25) is 14.5 Å². The average Bonchev–Trinajstić information content (AvgIpc) is 3.20. The molecule has 1 atom stereocenters. The number of rotatable bonds is 5. The van der Waals surface area contributed by atoms with E-state index in [-0.39, 0.29) is 17.5 Å². The fraction of sp³-hybridized carbons (Fsp3) is 0.304. The summed E-state index contributed by atoms with van der Waals surface area (Å²) < 4.78 is 3.84. The lowest BCUT2D eigenvalue weighted by atomic mass is 9.99. The number of aromatic nitrogens is 2. The van der Waals surface area contributed by atoms with E-state index in [1.54, 1.807) is 5.38 Å². The third kappa shape index (κ3) is 4.91. The SMILES string of the molecule is Cc1ccc(N(C(=O)c2csnn2)[C@H](C(=O)NC(C)(C)C)c2ccccc2)c(C)c1. The molecule has 156 valence electrons. The van der Waals surface area contributed by atoms with Crippen LogP contribution in [0.15, 0.2) is 53.9 Å². The van der Waals surface area contributed by atoms with Crippen molar-refractivity contribution in [3.8, 4) is 0 Å². The maximum absolute atomic E-state index is 13.6. The van der Waals surface area contributed by atoms with E-state index < -0.39 is 11.6 Å². The molecule has 7 heteroatoms. The Morgan fingerprint density at radius 1 is 1.07 bits per heavy atom. The standard InChI is InChI=1S/C23H26N4O2S/c1-15-11-12-19(16(2)13-15)27(22(29)18-14-30-26-25-18)20(17-9-7-6-8-10-17)21(28)24-23(3,4)5/h6-14,20H,1-5H3,(H,24,28)/t20-/m0/s1. The molecule has 0 aliphatic heterocycles. The van der Waals surface area contributed by atoms with E-state index in [4.69, 9.17) is 0 Å². The minimum absolute atomic E-state index is 0.212. The van der Waals surface area contributed by atoms with E-state index in [0.29, 0.717) is 5.69 Å². The monoisotopic (exact) mass is 422 g/mol. The van der Waals surface area contributed by atoms with Crippen molar-refractivity contribution in [1.82, 2.24) is 14.9 Å². The second kappa shape index (κ2) is 8.75. The maximum Gasteiger partial charge on any atom is 0.280 e. The molecule has 2 aromatic carbocycles. The zero-order valence-electron chi connectivity index (χ0n) is 17.8. The zero-order valence-corrected chi connectivity index (χ0v) is 18.7. The van der Waals surface area contributed by atoms with E-state index in [1.165, 1.54) is 4.90 Å². The van der Waals surface area contributed by atoms with Gasteiger partial charge in [-0.25, -0.2) is 0 Å². The third-order valence-electron chi connectivity index (χ3n) is 4.53. The Morgan fingerprint density at radius 2 is 1.77 bits per heavy atom. The second-order valence-electron chi connectivity index (χ2n) is 8.31. The molecule has 0 unspecified atom stereocenters. The Hall–Kier alpha value is -3.06. The number of nitrogens with one attached hydrogen (secondary N) is 1. The van der Waals surface area contributed by atoms with E-state index >= 15 is 0 Å². The first-order valence-electron chi connectivity index (χ1n) is 9.72. The van der Waals surface area contributed by atoms with Gasteiger partial charge in [-0.05, 0) is 63.3 Å². The topological polar surface area (TPSA) is 75.2 Å². The molecule has 0 aliphatic carbocycles. The highest BCUT2D eigenvalue weighted by molar-refractivity contribution is 7.03. The lowest BCUT2D eigenvalue weighted by Gasteiger charge is -2.34. The molecule has 6 nitrogen and oxygen atoms in total. The van der Waals surface area contributed by atoms with Crippen LogP contribution < -0.4 is 10.2 Å². The number of carbonyl (C=O) groups is 2. The fourth-order valence-corrected chi connectivity index (χ4v) is 3.74. The number of benzene rings is 2. The largest absolute Gasteiger partial charge is 0.349 e. The van der Waals surface area contributed by atoms with Crippen LogP contribution in [0.1, 0.15) is 54.0 Å². The number of carbonyl (C=O) groups excluding carboxylic acids is 2. The molecule has 0 fully saturated rings. The Morgan fingerprint density at radius 3 is 2.33 bits per heavy atom. The van der Waals surface area contributed by atoms with Gasteiger partial charge in [0.1, 0.15) is 6.04 Å². The van der Waals surface area contributed by atoms with Crippen molar-refractivity contribution in [2.45, 2.75) is 46.2 Å². The van der Waals surface area contributed by atoms with Crippen molar-refractivity contribution in [3.05, 3.63) is 76.3 Å². The van der Waals surface area contributed by atoms with E-state index in [2.05, 4.69) is 14.9 Å². The molecule has 0 saturated heterocycles. The minimum Gasteiger partial charge on any atom is -0.349 e. The van der Waals surface area contributed by atoms with E-state index in [0.717, 1.165) is 28.2 Å². The summed E-state index contributed by atoms with van der Waals surface area (Å²) >= 11 is 1.10. The summed E-state index contributed by atoms with van der Waals surface area (Å²) in [6.45, 7) is 9.68. The van der Waals surface area contributed by atoms with Crippen molar-refractivity contribution >= 4 is 29.0 Å². The van der Waals surface area contributed by atoms with Gasteiger partial charge in [0, 0.05) is 16.6 Å². The number of hydrogen-bond acceptors (Lipinski definition) is 5. The maximum atomic E-state index is 13.6. The number of amides is 2. The molecule has 0 saturated carbocycles. The number of aryl methyl sites for hydroxylation is 2. The van der Waals surface area contributed by atoms with Crippen molar-refractivity contribution in [2.75, 3.05) is 4.90 Å². The van der Waals surface area contributed by atoms with Crippen LogP contribution >= 0.6 is 11.5 Å². The van der Waals surface area contributed by atoms with Crippen molar-refractivity contribution in [2.24, 2.45) is 0 Å². The van der Waals surface area contributed by atoms with Gasteiger partial charge >= 0.3 is 0 Å². The van der Waals surface area contributed by atoms with Crippen LogP contribution in [0.2, 0.25) is 0 Å². The Labute approximate surface area is 181 Å². The summed E-state index contributed by atoms with van der Waals surface area (Å²) in [6, 6.07) is 14.3. The Bertz CT molecular complexity index is 1030. The molecule has 0 spiro atoms. The summed E-state index contributed by atoms with van der Waals surface area (Å²) in [5, 5.41) is 8.60. The number of hydrogen-bond donors (Lipinski definition) is 1. The van der Waals surface area contributed by atoms with Gasteiger partial charge in [-0.1, -0.05) is 52.5 Å². The molecule has 3 rings (SSSR count). The highest BCUT2D eigenvalue weighted by atomic mass is 32.1. The first-order chi connectivity index (χ1) is 14.2. The van der Waals surface area contributed by atoms with Gasteiger partial charge in [0.15, 0.2) is 5.69 Å². The second-order valence-corrected chi connectivity index (χ2v) is 8.92. The summed E-state index contributed by atoms with van der Waals surface area (Å²) in [6.07, 6.45) is 0. The summed E-state index contributed by atoms with van der Waals surface area (Å²) in [5.41, 5.74) is 3.12. The predicted molar refractivity (Wildman–Crippen MR) is 120 cm³/mol. The zero-order chi connectivity index (χ0) is 21.9. The smallest absolute Gasteiger partial charge is 0.280 e. The minimum atomic E-state index is -0.860. The van der Waals surface area contributed by atoms with Crippen LogP contribution in [-0.4, -0.2) is 26.9 Å². The molecule has 30 heavy (non-hydrogen) atoms. The van der Waals surface area contributed by atoms with Crippen molar-refractivity contribution in [3.63, 3.8) is 0 Å². The quantitative estimate of drug-likeness (QED) is 0.659. The molecule has 0 radical (unpaired) electrons. The highest BCUT2D eigenvalue weighted by Crippen LogP contribution is 2.32. The summed E-state index contributed by atoms with van der Waals surface area (Å²) in [4.78, 5) is 28.6. The molecule has 0 aliphatic rings. The average molecular weight is 423 g/mol. The van der Waals surface area contributed by atoms with E-state index in [1.807, 2.05) is 83.1 Å². The van der Waals surface area contributed by atoms with Gasteiger partial charge in [0.2, 0.25) is 5.91 Å². The molecule has 2 amide bonds. The summed E-state index contributed by atoms with van der Waals surface area (Å²) in [5.74, 6) is -0.626. The molecule has 0 bridgehead atoms. The number of nitrogens with zero attached hydrogens (tertiary/aromatic N) is 3. The fourth-order valence-electron chi connectivity index (χ4n) is 3.31. The van der Waals surface area contributed by atoms with Gasteiger partial charge in [-0.15, -0.1) is 5.10 Å². The molecular formula is C23H26N4O2S. The normalized spacial score (nSPS) is 12.3. The van der Waals surface area contributed by atoms with Crippen LogP contribution in [-0.2, 0) is 4.79 Å². The van der Waals surface area contributed by atoms with Gasteiger partial charge < -0.3 is 5.32 Å². The van der Waals surface area contributed by atoms with Gasteiger partial charge in [-0.2, -0.15) is 0 Å². The number of anilines is 1. The van der Waals surface area contributed by atoms with Crippen LogP contribution in [0.25, 0.3) is 0 Å². The third-order valence-corrected chi connectivity index (χ3v) is 5.03. The van der Waals surface area contributed by atoms with E-state index in [9.17, 15) is 9.59 Å². The highest BCUT2D eigenvalue weighted by Gasteiger charge is 2.36. The van der Waals surface area contributed by atoms with Crippen molar-refractivity contribution < 1.29 is 9.59 Å².